The number of ether oxygens (including phenoxy) is 2. The average molecular weight is 408 g/mol. The van der Waals surface area contributed by atoms with Crippen LogP contribution in [-0.2, 0) is 14.3 Å². The van der Waals surface area contributed by atoms with Gasteiger partial charge in [-0.1, -0.05) is 30.3 Å². The Labute approximate surface area is 177 Å². The van der Waals surface area contributed by atoms with Crippen molar-refractivity contribution in [2.45, 2.75) is 26.9 Å². The van der Waals surface area contributed by atoms with E-state index in [1.807, 2.05) is 68.1 Å². The molecule has 2 aromatic carbocycles. The van der Waals surface area contributed by atoms with Crippen LogP contribution in [0.4, 0.5) is 5.69 Å². The van der Waals surface area contributed by atoms with Gasteiger partial charge in [-0.05, 0) is 50.6 Å². The Balaban J connectivity index is 2.05. The number of amides is 2. The number of hydrogen-bond donors (Lipinski definition) is 0. The van der Waals surface area contributed by atoms with E-state index in [1.54, 1.807) is 19.2 Å². The molecule has 0 aromatic heterocycles. The first-order chi connectivity index (χ1) is 14.5. The molecule has 0 unspecified atom stereocenters. The summed E-state index contributed by atoms with van der Waals surface area (Å²) in [6.45, 7) is 6.88. The van der Waals surface area contributed by atoms with Gasteiger partial charge < -0.3 is 14.4 Å². The highest BCUT2D eigenvalue weighted by molar-refractivity contribution is 6.36. The topological polar surface area (TPSA) is 59.1 Å². The van der Waals surface area contributed by atoms with E-state index >= 15 is 0 Å². The molecule has 0 bridgehead atoms. The molecule has 2 aromatic rings. The maximum Gasteiger partial charge on any atom is 0.278 e. The lowest BCUT2D eigenvalue weighted by atomic mass is 10.0. The van der Waals surface area contributed by atoms with E-state index in [1.165, 1.54) is 4.90 Å². The zero-order valence-electron chi connectivity index (χ0n) is 17.9. The second-order valence-corrected chi connectivity index (χ2v) is 7.21. The third-order valence-corrected chi connectivity index (χ3v) is 4.94. The summed E-state index contributed by atoms with van der Waals surface area (Å²) in [6.07, 6.45) is 0.0303. The average Bonchev–Trinajstić information content (AvgIpc) is 3.00. The fourth-order valence-corrected chi connectivity index (χ4v) is 3.49. The molecule has 30 heavy (non-hydrogen) atoms. The van der Waals surface area contributed by atoms with Gasteiger partial charge in [0.05, 0.1) is 31.9 Å². The number of methoxy groups -OCH3 is 1. The van der Waals surface area contributed by atoms with E-state index < -0.39 is 0 Å². The zero-order valence-corrected chi connectivity index (χ0v) is 17.9. The lowest BCUT2D eigenvalue weighted by Crippen LogP contribution is -2.37. The normalized spacial score (nSPS) is 14.1. The minimum absolute atomic E-state index is 0.0303. The number of rotatable bonds is 9. The largest absolute Gasteiger partial charge is 0.497 e. The third kappa shape index (κ3) is 4.39. The van der Waals surface area contributed by atoms with Crippen LogP contribution < -0.4 is 9.64 Å². The highest BCUT2D eigenvalue weighted by Crippen LogP contribution is 2.34. The first kappa shape index (κ1) is 21.6. The summed E-state index contributed by atoms with van der Waals surface area (Å²) < 4.78 is 10.8. The first-order valence-electron chi connectivity index (χ1n) is 10.2. The molecular formula is C24H28N2O4. The fourth-order valence-electron chi connectivity index (χ4n) is 3.49. The minimum atomic E-state index is -0.304. The van der Waals surface area contributed by atoms with Crippen molar-refractivity contribution < 1.29 is 19.1 Å². The molecule has 0 saturated carbocycles. The molecule has 0 aliphatic carbocycles. The molecule has 1 aliphatic rings. The predicted octanol–water partition coefficient (Wildman–Crippen LogP) is 3.73. The summed E-state index contributed by atoms with van der Waals surface area (Å²) in [4.78, 5) is 29.9. The molecule has 0 fully saturated rings. The van der Waals surface area contributed by atoms with Gasteiger partial charge in [0.2, 0.25) is 0 Å². The van der Waals surface area contributed by atoms with Gasteiger partial charge in [-0.15, -0.1) is 0 Å². The Morgan fingerprint density at radius 2 is 1.63 bits per heavy atom. The summed E-state index contributed by atoms with van der Waals surface area (Å²) in [5.74, 6) is 0.0843. The number of hydrogen-bond acceptors (Lipinski definition) is 5. The number of nitrogens with zero attached hydrogens (tertiary/aromatic N) is 2. The van der Waals surface area contributed by atoms with Crippen LogP contribution in [0.25, 0.3) is 5.57 Å². The molecule has 0 radical (unpaired) electrons. The molecule has 158 valence electrons. The van der Waals surface area contributed by atoms with Crippen LogP contribution in [-0.4, -0.2) is 49.6 Å². The van der Waals surface area contributed by atoms with Crippen LogP contribution in [0.5, 0.6) is 5.75 Å². The molecule has 0 atom stereocenters. The monoisotopic (exact) mass is 408 g/mol. The number of carbonyl (C=O) groups excluding carboxylic acids is 2. The Morgan fingerprint density at radius 3 is 2.20 bits per heavy atom. The Kier molecular flexibility index (Phi) is 6.90. The van der Waals surface area contributed by atoms with Gasteiger partial charge >= 0.3 is 0 Å². The van der Waals surface area contributed by atoms with E-state index in [0.29, 0.717) is 35.7 Å². The van der Waals surface area contributed by atoms with Crippen molar-refractivity contribution in [3.8, 4) is 5.75 Å². The van der Waals surface area contributed by atoms with Gasteiger partial charge in [0, 0.05) is 12.2 Å². The van der Waals surface area contributed by atoms with Crippen LogP contribution in [0.15, 0.2) is 60.3 Å². The number of imide groups is 1. The Hall–Kier alpha value is -3.12. The van der Waals surface area contributed by atoms with Gasteiger partial charge in [0.1, 0.15) is 11.4 Å². The van der Waals surface area contributed by atoms with Crippen LogP contribution in [0, 0.1) is 0 Å². The number of carbonyl (C=O) groups is 2. The lowest BCUT2D eigenvalue weighted by molar-refractivity contribution is -0.138. The van der Waals surface area contributed by atoms with Crippen LogP contribution in [0.1, 0.15) is 26.3 Å². The highest BCUT2D eigenvalue weighted by Gasteiger charge is 2.41. The van der Waals surface area contributed by atoms with Crippen LogP contribution >= 0.6 is 0 Å². The van der Waals surface area contributed by atoms with Gasteiger partial charge in [-0.2, -0.15) is 0 Å². The second kappa shape index (κ2) is 9.59. The van der Waals surface area contributed by atoms with Crippen molar-refractivity contribution in [3.63, 3.8) is 0 Å². The number of benzene rings is 2. The summed E-state index contributed by atoms with van der Waals surface area (Å²) >= 11 is 0. The Bertz CT molecular complexity index is 920. The third-order valence-electron chi connectivity index (χ3n) is 4.94. The molecule has 0 N–H and O–H groups in total. The first-order valence-corrected chi connectivity index (χ1v) is 10.2. The molecule has 0 saturated heterocycles. The molecule has 6 nitrogen and oxygen atoms in total. The molecular weight excluding hydrogens is 380 g/mol. The van der Waals surface area contributed by atoms with Gasteiger partial charge in [0.25, 0.3) is 11.8 Å². The smallest absolute Gasteiger partial charge is 0.278 e. The van der Waals surface area contributed by atoms with E-state index in [2.05, 4.69) is 0 Å². The lowest BCUT2D eigenvalue weighted by Gasteiger charge is -2.25. The van der Waals surface area contributed by atoms with E-state index in [0.717, 1.165) is 5.69 Å². The SMILES string of the molecule is CCN(C1=C(c2ccc(OC)cc2)C(=O)N(CCOC(C)C)C1=O)c1ccccc1. The van der Waals surface area contributed by atoms with Gasteiger partial charge in [-0.25, -0.2) is 0 Å². The summed E-state index contributed by atoms with van der Waals surface area (Å²) in [5.41, 5.74) is 2.34. The van der Waals surface area contributed by atoms with E-state index in [4.69, 9.17) is 9.47 Å². The minimum Gasteiger partial charge on any atom is -0.497 e. The van der Waals surface area contributed by atoms with Crippen molar-refractivity contribution in [3.05, 3.63) is 65.9 Å². The number of anilines is 1. The van der Waals surface area contributed by atoms with Crippen LogP contribution in [0.2, 0.25) is 0 Å². The summed E-state index contributed by atoms with van der Waals surface area (Å²) in [7, 11) is 1.59. The molecule has 2 amide bonds. The Morgan fingerprint density at radius 1 is 0.967 bits per heavy atom. The fraction of sp³-hybridized carbons (Fsp3) is 0.333. The van der Waals surface area contributed by atoms with Crippen molar-refractivity contribution in [1.29, 1.82) is 0 Å². The molecule has 3 rings (SSSR count). The standard InChI is InChI=1S/C24H28N2O4/c1-5-25(19-9-7-6-8-10-19)22-21(18-11-13-20(29-4)14-12-18)23(27)26(24(22)28)15-16-30-17(2)3/h6-14,17H,5,15-16H2,1-4H3. The maximum absolute atomic E-state index is 13.4. The van der Waals surface area contributed by atoms with Crippen molar-refractivity contribution in [1.82, 2.24) is 4.90 Å². The summed E-state index contributed by atoms with van der Waals surface area (Å²) in [5, 5.41) is 0. The van der Waals surface area contributed by atoms with Crippen molar-refractivity contribution in [2.75, 3.05) is 31.7 Å². The number of likely N-dealkylation sites (N-methyl/N-ethyl adjacent to an activating group) is 1. The summed E-state index contributed by atoms with van der Waals surface area (Å²) in [6, 6.07) is 16.8. The predicted molar refractivity (Wildman–Crippen MR) is 117 cm³/mol. The maximum atomic E-state index is 13.4. The van der Waals surface area contributed by atoms with E-state index in [9.17, 15) is 9.59 Å². The highest BCUT2D eigenvalue weighted by atomic mass is 16.5. The molecule has 6 heteroatoms. The van der Waals surface area contributed by atoms with Crippen molar-refractivity contribution in [2.24, 2.45) is 0 Å². The quantitative estimate of drug-likeness (QED) is 0.592. The molecule has 1 heterocycles. The van der Waals surface area contributed by atoms with E-state index in [-0.39, 0.29) is 24.5 Å². The van der Waals surface area contributed by atoms with Gasteiger partial charge in [0.15, 0.2) is 0 Å². The molecule has 1 aliphatic heterocycles. The van der Waals surface area contributed by atoms with Gasteiger partial charge in [-0.3, -0.25) is 14.5 Å². The van der Waals surface area contributed by atoms with Crippen molar-refractivity contribution >= 4 is 23.1 Å². The van der Waals surface area contributed by atoms with Crippen LogP contribution in [0.3, 0.4) is 0 Å². The molecule has 0 spiro atoms. The zero-order chi connectivity index (χ0) is 21.7. The number of para-hydroxylation sites is 1. The second-order valence-electron chi connectivity index (χ2n) is 7.21.